The van der Waals surface area contributed by atoms with Gasteiger partial charge in [0.1, 0.15) is 0 Å². The van der Waals surface area contributed by atoms with Gasteiger partial charge < -0.3 is 4.74 Å². The minimum atomic E-state index is -0.795. The lowest BCUT2D eigenvalue weighted by Gasteiger charge is -2.05. The van der Waals surface area contributed by atoms with E-state index >= 15 is 0 Å². The molecule has 0 atom stereocenters. The average molecular weight is 300 g/mol. The highest BCUT2D eigenvalue weighted by Gasteiger charge is 2.06. The molecule has 1 aromatic carbocycles. The molecule has 0 unspecified atom stereocenters. The summed E-state index contributed by atoms with van der Waals surface area (Å²) < 4.78 is 5.76. The van der Waals surface area contributed by atoms with Gasteiger partial charge in [0.15, 0.2) is 0 Å². The summed E-state index contributed by atoms with van der Waals surface area (Å²) in [6.07, 6.45) is -1.01. The summed E-state index contributed by atoms with van der Waals surface area (Å²) >= 11 is 3.34. The number of oxime groups is 1. The molecule has 4 nitrogen and oxygen atoms in total. The molecule has 1 rings (SSSR count). The zero-order valence-corrected chi connectivity index (χ0v) is 11.5. The van der Waals surface area contributed by atoms with Gasteiger partial charge in [-0.2, -0.15) is 0 Å². The maximum Gasteiger partial charge on any atom is 0.535 e. The van der Waals surface area contributed by atoms with E-state index in [1.165, 1.54) is 0 Å². The fourth-order valence-corrected chi connectivity index (χ4v) is 1.33. The second kappa shape index (κ2) is 6.39. The fraction of sp³-hybridized carbons (Fsp3) is 0.333. The highest BCUT2D eigenvalue weighted by atomic mass is 79.9. The molecule has 0 spiro atoms. The van der Waals surface area contributed by atoms with Crippen LogP contribution in [0.2, 0.25) is 0 Å². The van der Waals surface area contributed by atoms with E-state index in [0.717, 1.165) is 10.0 Å². The molecule has 1 aromatic rings. The first-order valence-electron chi connectivity index (χ1n) is 5.17. The summed E-state index contributed by atoms with van der Waals surface area (Å²) in [5.74, 6) is 0. The van der Waals surface area contributed by atoms with Crippen LogP contribution < -0.4 is 0 Å². The highest BCUT2D eigenvalue weighted by Crippen LogP contribution is 2.11. The molecule has 0 aliphatic heterocycles. The third-order valence-corrected chi connectivity index (χ3v) is 2.38. The topological polar surface area (TPSA) is 47.9 Å². The van der Waals surface area contributed by atoms with Gasteiger partial charge in [-0.1, -0.05) is 33.2 Å². The van der Waals surface area contributed by atoms with Gasteiger partial charge in [0.25, 0.3) is 0 Å². The van der Waals surface area contributed by atoms with Crippen LogP contribution in [0.4, 0.5) is 4.79 Å². The molecule has 0 fully saturated rings. The van der Waals surface area contributed by atoms with Crippen LogP contribution in [0.5, 0.6) is 0 Å². The van der Waals surface area contributed by atoms with E-state index in [4.69, 9.17) is 4.74 Å². The standard InChI is InChI=1S/C12H14BrNO3/c1-8(2)16-12(15)17-14-9(3)10-4-6-11(13)7-5-10/h4-8H,1-3H3/b14-9+. The smallest absolute Gasteiger partial charge is 0.430 e. The second-order valence-corrected chi connectivity index (χ2v) is 4.61. The van der Waals surface area contributed by atoms with Crippen molar-refractivity contribution >= 4 is 27.8 Å². The van der Waals surface area contributed by atoms with Crippen molar-refractivity contribution in [1.82, 2.24) is 0 Å². The van der Waals surface area contributed by atoms with E-state index in [0.29, 0.717) is 5.71 Å². The Bertz CT molecular complexity index is 412. The van der Waals surface area contributed by atoms with Crippen molar-refractivity contribution in [3.05, 3.63) is 34.3 Å². The first kappa shape index (κ1) is 13.7. The number of nitrogens with zero attached hydrogens (tertiary/aromatic N) is 1. The predicted octanol–water partition coefficient (Wildman–Crippen LogP) is 3.73. The van der Waals surface area contributed by atoms with Gasteiger partial charge >= 0.3 is 6.16 Å². The van der Waals surface area contributed by atoms with E-state index < -0.39 is 6.16 Å². The highest BCUT2D eigenvalue weighted by molar-refractivity contribution is 9.10. The van der Waals surface area contributed by atoms with Crippen LogP contribution in [0, 0.1) is 0 Å². The number of carbonyl (C=O) groups excluding carboxylic acids is 1. The summed E-state index contributed by atoms with van der Waals surface area (Å²) in [6, 6.07) is 7.53. The van der Waals surface area contributed by atoms with Crippen LogP contribution in [-0.2, 0) is 9.57 Å². The minimum absolute atomic E-state index is 0.217. The summed E-state index contributed by atoms with van der Waals surface area (Å²) in [7, 11) is 0. The number of rotatable bonds is 3. The Balaban J connectivity index is 2.60. The van der Waals surface area contributed by atoms with Crippen molar-refractivity contribution in [1.29, 1.82) is 0 Å². The third kappa shape index (κ3) is 4.99. The molecule has 0 bridgehead atoms. The number of ether oxygens (including phenoxy) is 1. The van der Waals surface area contributed by atoms with Gasteiger partial charge in [-0.15, -0.1) is 0 Å². The van der Waals surface area contributed by atoms with Crippen molar-refractivity contribution in [2.45, 2.75) is 26.9 Å². The van der Waals surface area contributed by atoms with Crippen LogP contribution in [0.15, 0.2) is 33.9 Å². The second-order valence-electron chi connectivity index (χ2n) is 3.69. The lowest BCUT2D eigenvalue weighted by atomic mass is 10.1. The molecule has 92 valence electrons. The first-order valence-corrected chi connectivity index (χ1v) is 5.96. The average Bonchev–Trinajstić information content (AvgIpc) is 2.26. The van der Waals surface area contributed by atoms with Crippen molar-refractivity contribution in [2.75, 3.05) is 0 Å². The van der Waals surface area contributed by atoms with Gasteiger partial charge in [-0.3, -0.25) is 4.84 Å². The molecule has 0 aliphatic rings. The van der Waals surface area contributed by atoms with Crippen molar-refractivity contribution in [2.24, 2.45) is 5.16 Å². The van der Waals surface area contributed by atoms with E-state index in [2.05, 4.69) is 25.9 Å². The van der Waals surface area contributed by atoms with E-state index in [-0.39, 0.29) is 6.10 Å². The molecule has 17 heavy (non-hydrogen) atoms. The molecular weight excluding hydrogens is 286 g/mol. The molecular formula is C12H14BrNO3. The van der Waals surface area contributed by atoms with Gasteiger partial charge in [-0.25, -0.2) is 4.79 Å². The largest absolute Gasteiger partial charge is 0.535 e. The van der Waals surface area contributed by atoms with Crippen molar-refractivity contribution in [3.63, 3.8) is 0 Å². The molecule has 0 heterocycles. The normalized spacial score (nSPS) is 11.5. The van der Waals surface area contributed by atoms with Crippen LogP contribution in [-0.4, -0.2) is 18.0 Å². The lowest BCUT2D eigenvalue weighted by Crippen LogP contribution is -2.11. The Morgan fingerprint density at radius 3 is 2.41 bits per heavy atom. The van der Waals surface area contributed by atoms with Gasteiger partial charge in [0.2, 0.25) is 0 Å². The van der Waals surface area contributed by atoms with Gasteiger partial charge in [0, 0.05) is 4.47 Å². The number of benzene rings is 1. The molecule has 0 saturated carbocycles. The zero-order chi connectivity index (χ0) is 12.8. The Labute approximate surface area is 109 Å². The quantitative estimate of drug-likeness (QED) is 0.370. The predicted molar refractivity (Wildman–Crippen MR) is 69.1 cm³/mol. The van der Waals surface area contributed by atoms with E-state index in [1.807, 2.05) is 24.3 Å². The number of hydrogen-bond donors (Lipinski definition) is 0. The number of halogens is 1. The molecule has 0 aliphatic carbocycles. The Morgan fingerprint density at radius 1 is 1.29 bits per heavy atom. The van der Waals surface area contributed by atoms with Crippen LogP contribution in [0.25, 0.3) is 0 Å². The van der Waals surface area contributed by atoms with Crippen molar-refractivity contribution < 1.29 is 14.4 Å². The Morgan fingerprint density at radius 2 is 1.88 bits per heavy atom. The molecule has 0 radical (unpaired) electrons. The minimum Gasteiger partial charge on any atom is -0.430 e. The summed E-state index contributed by atoms with van der Waals surface area (Å²) in [5, 5.41) is 3.70. The van der Waals surface area contributed by atoms with E-state index in [9.17, 15) is 4.79 Å². The summed E-state index contributed by atoms with van der Waals surface area (Å²) in [4.78, 5) is 15.7. The number of hydrogen-bond acceptors (Lipinski definition) is 4. The Hall–Kier alpha value is -1.36. The summed E-state index contributed by atoms with van der Waals surface area (Å²) in [5.41, 5.74) is 1.49. The zero-order valence-electron chi connectivity index (χ0n) is 9.94. The van der Waals surface area contributed by atoms with Gasteiger partial charge in [0.05, 0.1) is 11.8 Å². The monoisotopic (exact) mass is 299 g/mol. The third-order valence-electron chi connectivity index (χ3n) is 1.85. The molecule has 0 amide bonds. The lowest BCUT2D eigenvalue weighted by molar-refractivity contribution is 0.0363. The Kier molecular flexibility index (Phi) is 5.15. The van der Waals surface area contributed by atoms with Crippen molar-refractivity contribution in [3.8, 4) is 0 Å². The maximum absolute atomic E-state index is 11.1. The number of carbonyl (C=O) groups is 1. The van der Waals surface area contributed by atoms with E-state index in [1.54, 1.807) is 20.8 Å². The molecule has 0 N–H and O–H groups in total. The van der Waals surface area contributed by atoms with Crippen LogP contribution in [0.1, 0.15) is 26.3 Å². The SMILES string of the molecule is C/C(=N\OC(=O)OC(C)C)c1ccc(Br)cc1. The molecule has 5 heteroatoms. The molecule has 0 saturated heterocycles. The van der Waals surface area contributed by atoms with Crippen LogP contribution >= 0.6 is 15.9 Å². The van der Waals surface area contributed by atoms with Crippen LogP contribution in [0.3, 0.4) is 0 Å². The summed E-state index contributed by atoms with van der Waals surface area (Å²) in [6.45, 7) is 5.24. The molecule has 0 aromatic heterocycles. The maximum atomic E-state index is 11.1. The fourth-order valence-electron chi connectivity index (χ4n) is 1.06. The first-order chi connectivity index (χ1) is 7.99. The van der Waals surface area contributed by atoms with Gasteiger partial charge in [-0.05, 0) is 38.5 Å².